The molecule has 0 aliphatic rings. The van der Waals surface area contributed by atoms with Gasteiger partial charge in [0.25, 0.3) is 0 Å². The number of ether oxygens (including phenoxy) is 2. The topological polar surface area (TPSA) is 162 Å². The fraction of sp³-hybridized carbons (Fsp3) is 0.435. The number of aromatic nitrogens is 1. The first-order valence-corrected chi connectivity index (χ1v) is 10.7. The van der Waals surface area contributed by atoms with Crippen LogP contribution in [0.1, 0.15) is 45.6 Å². The third kappa shape index (κ3) is 8.66. The van der Waals surface area contributed by atoms with Gasteiger partial charge in [0.05, 0.1) is 0 Å². The summed E-state index contributed by atoms with van der Waals surface area (Å²) in [7, 11) is 0. The second kappa shape index (κ2) is 11.9. The predicted molar refractivity (Wildman–Crippen MR) is 121 cm³/mol. The number of alkyl carbamates (subject to hydrolysis) is 1. The van der Waals surface area contributed by atoms with Crippen molar-refractivity contribution in [1.82, 2.24) is 10.0 Å². The number of nitrogens with zero attached hydrogens (tertiary/aromatic N) is 1. The molecule has 2 aromatic rings. The molecule has 0 aliphatic heterocycles. The maximum Gasteiger partial charge on any atom is 0.408 e. The molecular weight excluding hydrogens is 446 g/mol. The average molecular weight is 478 g/mol. The van der Waals surface area contributed by atoms with E-state index in [4.69, 9.17) is 20.0 Å². The van der Waals surface area contributed by atoms with E-state index < -0.39 is 47.5 Å². The van der Waals surface area contributed by atoms with Gasteiger partial charge in [-0.25, -0.2) is 9.59 Å². The normalized spacial score (nSPS) is 12.9. The number of benzene rings is 1. The van der Waals surface area contributed by atoms with E-state index in [1.165, 1.54) is 0 Å². The summed E-state index contributed by atoms with van der Waals surface area (Å²) in [6, 6.07) is 9.25. The molecule has 11 nitrogen and oxygen atoms in total. The molecule has 186 valence electrons. The fourth-order valence-electron chi connectivity index (χ4n) is 2.84. The highest BCUT2D eigenvalue weighted by Gasteiger charge is 2.28. The van der Waals surface area contributed by atoms with Crippen LogP contribution in [0.5, 0.6) is 11.8 Å². The van der Waals surface area contributed by atoms with Crippen molar-refractivity contribution >= 4 is 18.0 Å². The molecule has 2 rings (SSSR count). The Labute approximate surface area is 197 Å². The first kappa shape index (κ1) is 26.5. The van der Waals surface area contributed by atoms with E-state index in [1.54, 1.807) is 20.8 Å². The smallest absolute Gasteiger partial charge is 0.408 e. The zero-order chi connectivity index (χ0) is 25.3. The lowest BCUT2D eigenvalue weighted by Crippen LogP contribution is -2.46. The molecule has 0 bridgehead atoms. The van der Waals surface area contributed by atoms with Crippen LogP contribution in [0.4, 0.5) is 4.79 Å². The van der Waals surface area contributed by atoms with E-state index in [-0.39, 0.29) is 25.9 Å². The van der Waals surface area contributed by atoms with Gasteiger partial charge in [-0.15, -0.1) is 4.73 Å². The zero-order valence-electron chi connectivity index (χ0n) is 19.4. The van der Waals surface area contributed by atoms with Gasteiger partial charge in [0.2, 0.25) is 11.8 Å². The number of esters is 1. The van der Waals surface area contributed by atoms with E-state index in [0.717, 1.165) is 17.7 Å². The third-order valence-corrected chi connectivity index (χ3v) is 4.49. The Bertz CT molecular complexity index is 949. The third-order valence-electron chi connectivity index (χ3n) is 4.49. The molecule has 34 heavy (non-hydrogen) atoms. The Morgan fingerprint density at radius 1 is 1.00 bits per heavy atom. The molecule has 0 saturated heterocycles. The Morgan fingerprint density at radius 2 is 1.62 bits per heavy atom. The SMILES string of the molecule is CC(C)(C)OC(=O)N[C@@H](CCCC(N)C(=O)OCc1ccccc1)C(=O)On1c(O)ccc1O. The van der Waals surface area contributed by atoms with Gasteiger partial charge in [-0.05, 0) is 45.6 Å². The molecule has 11 heteroatoms. The minimum Gasteiger partial charge on any atom is -0.492 e. The van der Waals surface area contributed by atoms with Crippen molar-refractivity contribution < 1.29 is 38.9 Å². The highest BCUT2D eigenvalue weighted by atomic mass is 16.7. The summed E-state index contributed by atoms with van der Waals surface area (Å²) in [6.45, 7) is 5.08. The number of aromatic hydroxyl groups is 2. The molecule has 0 fully saturated rings. The van der Waals surface area contributed by atoms with Crippen molar-refractivity contribution in [2.24, 2.45) is 5.73 Å². The minimum absolute atomic E-state index is 0.0422. The van der Waals surface area contributed by atoms with Crippen LogP contribution in [-0.2, 0) is 25.7 Å². The molecule has 1 amide bonds. The van der Waals surface area contributed by atoms with Crippen LogP contribution in [-0.4, -0.2) is 50.7 Å². The lowest BCUT2D eigenvalue weighted by molar-refractivity contribution is -0.148. The van der Waals surface area contributed by atoms with Gasteiger partial charge in [-0.1, -0.05) is 30.3 Å². The number of hydrogen-bond donors (Lipinski definition) is 4. The van der Waals surface area contributed by atoms with Crippen LogP contribution < -0.4 is 15.9 Å². The Morgan fingerprint density at radius 3 is 2.21 bits per heavy atom. The number of amides is 1. The number of carbonyl (C=O) groups is 3. The lowest BCUT2D eigenvalue weighted by Gasteiger charge is -2.23. The van der Waals surface area contributed by atoms with Crippen molar-refractivity contribution in [1.29, 1.82) is 0 Å². The summed E-state index contributed by atoms with van der Waals surface area (Å²) in [5.74, 6) is -2.58. The van der Waals surface area contributed by atoms with Crippen molar-refractivity contribution in [3.63, 3.8) is 0 Å². The fourth-order valence-corrected chi connectivity index (χ4v) is 2.84. The first-order chi connectivity index (χ1) is 16.0. The van der Waals surface area contributed by atoms with Gasteiger partial charge in [0.15, 0.2) is 0 Å². The van der Waals surface area contributed by atoms with Crippen molar-refractivity contribution in [2.45, 2.75) is 64.3 Å². The van der Waals surface area contributed by atoms with Crippen LogP contribution in [0, 0.1) is 0 Å². The van der Waals surface area contributed by atoms with Crippen LogP contribution >= 0.6 is 0 Å². The van der Waals surface area contributed by atoms with E-state index >= 15 is 0 Å². The van der Waals surface area contributed by atoms with Crippen molar-refractivity contribution in [3.8, 4) is 11.8 Å². The summed E-state index contributed by atoms with van der Waals surface area (Å²) < 4.78 is 10.9. The summed E-state index contributed by atoms with van der Waals surface area (Å²) in [4.78, 5) is 42.0. The van der Waals surface area contributed by atoms with E-state index in [9.17, 15) is 24.6 Å². The summed E-state index contributed by atoms with van der Waals surface area (Å²) in [5.41, 5.74) is 5.92. The van der Waals surface area contributed by atoms with Crippen molar-refractivity contribution in [2.75, 3.05) is 0 Å². The van der Waals surface area contributed by atoms with E-state index in [1.807, 2.05) is 30.3 Å². The molecule has 1 aromatic carbocycles. The molecule has 0 aliphatic carbocycles. The highest BCUT2D eigenvalue weighted by molar-refractivity contribution is 5.81. The monoisotopic (exact) mass is 477 g/mol. The molecule has 0 saturated carbocycles. The maximum atomic E-state index is 12.6. The van der Waals surface area contributed by atoms with E-state index in [0.29, 0.717) is 4.73 Å². The van der Waals surface area contributed by atoms with Gasteiger partial charge in [-0.2, -0.15) is 0 Å². The van der Waals surface area contributed by atoms with Crippen molar-refractivity contribution in [3.05, 3.63) is 48.0 Å². The second-order valence-electron chi connectivity index (χ2n) is 8.58. The van der Waals surface area contributed by atoms with E-state index in [2.05, 4.69) is 5.32 Å². The first-order valence-electron chi connectivity index (χ1n) is 10.7. The molecule has 1 unspecified atom stereocenters. The number of hydrogen-bond acceptors (Lipinski definition) is 9. The van der Waals surface area contributed by atoms with Gasteiger partial charge >= 0.3 is 18.0 Å². The molecule has 0 spiro atoms. The van der Waals surface area contributed by atoms with Gasteiger partial charge in [0, 0.05) is 12.1 Å². The molecular formula is C23H31N3O8. The van der Waals surface area contributed by atoms with Crippen LogP contribution in [0.15, 0.2) is 42.5 Å². The number of nitrogens with one attached hydrogen (secondary N) is 1. The molecule has 0 radical (unpaired) electrons. The largest absolute Gasteiger partial charge is 0.492 e. The minimum atomic E-state index is -1.21. The Balaban J connectivity index is 1.93. The zero-order valence-corrected chi connectivity index (χ0v) is 19.4. The quantitative estimate of drug-likeness (QED) is 0.375. The standard InChI is InChI=1S/C23H31N3O8/c1-23(2,3)33-22(31)25-17(21(30)34-26-18(27)12-13-19(26)28)11-7-10-16(24)20(29)32-14-15-8-5-4-6-9-15/h4-6,8-9,12-13,16-17,27-28H,7,10-11,14,24H2,1-3H3,(H,25,31)/t16?,17-/m0/s1. The van der Waals surface area contributed by atoms with Gasteiger partial charge < -0.3 is 35.6 Å². The van der Waals surface area contributed by atoms with Crippen LogP contribution in [0.3, 0.4) is 0 Å². The Hall–Kier alpha value is -3.73. The molecule has 1 aromatic heterocycles. The second-order valence-corrected chi connectivity index (χ2v) is 8.58. The molecule has 5 N–H and O–H groups in total. The van der Waals surface area contributed by atoms with Crippen LogP contribution in [0.2, 0.25) is 0 Å². The van der Waals surface area contributed by atoms with Crippen LogP contribution in [0.25, 0.3) is 0 Å². The maximum absolute atomic E-state index is 12.6. The lowest BCUT2D eigenvalue weighted by atomic mass is 10.1. The number of carbonyl (C=O) groups excluding carboxylic acids is 3. The summed E-state index contributed by atoms with van der Waals surface area (Å²) in [5, 5.41) is 21.8. The highest BCUT2D eigenvalue weighted by Crippen LogP contribution is 2.19. The van der Waals surface area contributed by atoms with Gasteiger partial charge in [0.1, 0.15) is 24.3 Å². The predicted octanol–water partition coefficient (Wildman–Crippen LogP) is 1.99. The number of rotatable bonds is 10. The average Bonchev–Trinajstić information content (AvgIpc) is 3.08. The molecule has 2 atom stereocenters. The van der Waals surface area contributed by atoms with Gasteiger partial charge in [-0.3, -0.25) is 4.79 Å². The summed E-state index contributed by atoms with van der Waals surface area (Å²) >= 11 is 0. The number of nitrogens with two attached hydrogens (primary N) is 1. The molecule has 1 heterocycles. The Kier molecular flexibility index (Phi) is 9.31. The summed E-state index contributed by atoms with van der Waals surface area (Å²) in [6.07, 6.45) is -0.392.